The number of halogens is 2. The minimum atomic E-state index is -0.885. The molecule has 0 aliphatic heterocycles. The maximum Gasteiger partial charge on any atom is 0.266 e. The highest BCUT2D eigenvalue weighted by Crippen LogP contribution is 2.27. The van der Waals surface area contributed by atoms with Gasteiger partial charge in [0.05, 0.1) is 17.3 Å². The standard InChI is InChI=1S/C14H14Cl2N2O3/c1-9-2-5-14(20)18(17-9)7-11(19)8-21-13-4-3-10(15)6-12(13)16/h2-6,11,19H,7-8H2,1H3. The number of benzene rings is 1. The van der Waals surface area contributed by atoms with E-state index in [1.54, 1.807) is 31.2 Å². The van der Waals surface area contributed by atoms with Crippen LogP contribution < -0.4 is 10.3 Å². The number of aliphatic hydroxyl groups is 1. The fraction of sp³-hybridized carbons (Fsp3) is 0.286. The Labute approximate surface area is 131 Å². The van der Waals surface area contributed by atoms with E-state index >= 15 is 0 Å². The second-order valence-corrected chi connectivity index (χ2v) is 5.38. The summed E-state index contributed by atoms with van der Waals surface area (Å²) in [5.41, 5.74) is 0.424. The van der Waals surface area contributed by atoms with Gasteiger partial charge in [-0.2, -0.15) is 5.10 Å². The highest BCUT2D eigenvalue weighted by atomic mass is 35.5. The van der Waals surface area contributed by atoms with Crippen LogP contribution in [0.25, 0.3) is 0 Å². The smallest absolute Gasteiger partial charge is 0.266 e. The minimum absolute atomic E-state index is 0.0105. The first-order chi connectivity index (χ1) is 9.95. The van der Waals surface area contributed by atoms with Crippen LogP contribution in [0.2, 0.25) is 10.0 Å². The number of aromatic nitrogens is 2. The van der Waals surface area contributed by atoms with Crippen molar-refractivity contribution < 1.29 is 9.84 Å². The first kappa shape index (κ1) is 15.8. The Balaban J connectivity index is 1.97. The molecular formula is C14H14Cl2N2O3. The zero-order valence-electron chi connectivity index (χ0n) is 11.3. The van der Waals surface area contributed by atoms with E-state index in [-0.39, 0.29) is 18.7 Å². The molecule has 0 radical (unpaired) electrons. The van der Waals surface area contributed by atoms with Gasteiger partial charge in [0.15, 0.2) is 0 Å². The maximum absolute atomic E-state index is 11.6. The largest absolute Gasteiger partial charge is 0.489 e. The summed E-state index contributed by atoms with van der Waals surface area (Å²) in [7, 11) is 0. The van der Waals surface area contributed by atoms with Gasteiger partial charge in [-0.15, -0.1) is 0 Å². The van der Waals surface area contributed by atoms with Gasteiger partial charge in [-0.25, -0.2) is 4.68 Å². The topological polar surface area (TPSA) is 64.4 Å². The van der Waals surface area contributed by atoms with Gasteiger partial charge in [-0.05, 0) is 31.2 Å². The summed E-state index contributed by atoms with van der Waals surface area (Å²) < 4.78 is 6.61. The average molecular weight is 329 g/mol. The Hall–Kier alpha value is -1.56. The molecule has 2 aromatic rings. The Kier molecular flexibility index (Phi) is 5.22. The lowest BCUT2D eigenvalue weighted by Crippen LogP contribution is -2.31. The third-order valence-corrected chi connectivity index (χ3v) is 3.24. The first-order valence-electron chi connectivity index (χ1n) is 6.26. The second kappa shape index (κ2) is 6.93. The Morgan fingerprint density at radius 2 is 2.10 bits per heavy atom. The third-order valence-electron chi connectivity index (χ3n) is 2.71. The molecule has 112 valence electrons. The lowest BCUT2D eigenvalue weighted by Gasteiger charge is -2.14. The van der Waals surface area contributed by atoms with E-state index in [1.165, 1.54) is 10.7 Å². The molecule has 0 aliphatic carbocycles. The average Bonchev–Trinajstić information content (AvgIpc) is 2.42. The predicted molar refractivity (Wildman–Crippen MR) is 81.2 cm³/mol. The molecule has 1 unspecified atom stereocenters. The Morgan fingerprint density at radius 3 is 2.81 bits per heavy atom. The molecule has 0 amide bonds. The highest BCUT2D eigenvalue weighted by molar-refractivity contribution is 6.35. The van der Waals surface area contributed by atoms with E-state index in [9.17, 15) is 9.90 Å². The lowest BCUT2D eigenvalue weighted by molar-refractivity contribution is 0.0879. The van der Waals surface area contributed by atoms with E-state index in [0.717, 1.165) is 0 Å². The van der Waals surface area contributed by atoms with E-state index in [2.05, 4.69) is 5.10 Å². The van der Waals surface area contributed by atoms with Crippen molar-refractivity contribution in [3.8, 4) is 5.75 Å². The van der Waals surface area contributed by atoms with Crippen molar-refractivity contribution in [2.75, 3.05) is 6.61 Å². The fourth-order valence-electron chi connectivity index (χ4n) is 1.71. The molecule has 5 nitrogen and oxygen atoms in total. The quantitative estimate of drug-likeness (QED) is 0.914. The normalized spacial score (nSPS) is 12.2. The van der Waals surface area contributed by atoms with Crippen molar-refractivity contribution >= 4 is 23.2 Å². The number of nitrogens with zero attached hydrogens (tertiary/aromatic N) is 2. The summed E-state index contributed by atoms with van der Waals surface area (Å²) in [5, 5.41) is 14.8. The molecule has 7 heteroatoms. The van der Waals surface area contributed by atoms with Crippen molar-refractivity contribution in [2.24, 2.45) is 0 Å². The van der Waals surface area contributed by atoms with Crippen LogP contribution in [-0.2, 0) is 6.54 Å². The minimum Gasteiger partial charge on any atom is -0.489 e. The Morgan fingerprint density at radius 1 is 1.33 bits per heavy atom. The number of rotatable bonds is 5. The number of aryl methyl sites for hydroxylation is 1. The predicted octanol–water partition coefficient (Wildman–Crippen LogP) is 2.30. The molecule has 0 bridgehead atoms. The molecule has 1 aromatic carbocycles. The van der Waals surface area contributed by atoms with Gasteiger partial charge in [0.25, 0.3) is 5.56 Å². The molecule has 1 N–H and O–H groups in total. The molecule has 21 heavy (non-hydrogen) atoms. The molecule has 1 aromatic heterocycles. The molecular weight excluding hydrogens is 315 g/mol. The monoisotopic (exact) mass is 328 g/mol. The van der Waals surface area contributed by atoms with Crippen LogP contribution in [0.15, 0.2) is 35.1 Å². The summed E-state index contributed by atoms with van der Waals surface area (Å²) in [6, 6.07) is 7.84. The first-order valence-corrected chi connectivity index (χ1v) is 7.02. The SMILES string of the molecule is Cc1ccc(=O)n(CC(O)COc2ccc(Cl)cc2Cl)n1. The number of aliphatic hydroxyl groups excluding tert-OH is 1. The summed E-state index contributed by atoms with van der Waals surface area (Å²) >= 11 is 11.7. The van der Waals surface area contributed by atoms with Crippen LogP contribution in [0.1, 0.15) is 5.69 Å². The van der Waals surface area contributed by atoms with Crippen molar-refractivity contribution in [1.82, 2.24) is 9.78 Å². The van der Waals surface area contributed by atoms with Crippen molar-refractivity contribution in [1.29, 1.82) is 0 Å². The maximum atomic E-state index is 11.6. The van der Waals surface area contributed by atoms with Crippen LogP contribution in [0.3, 0.4) is 0 Å². The van der Waals surface area contributed by atoms with Crippen molar-refractivity contribution in [3.63, 3.8) is 0 Å². The molecule has 0 saturated carbocycles. The third kappa shape index (κ3) is 4.46. The van der Waals surface area contributed by atoms with Gasteiger partial charge >= 0.3 is 0 Å². The zero-order chi connectivity index (χ0) is 15.4. The van der Waals surface area contributed by atoms with Crippen molar-refractivity contribution in [2.45, 2.75) is 19.6 Å². The van der Waals surface area contributed by atoms with Crippen LogP contribution in [0, 0.1) is 6.92 Å². The van der Waals surface area contributed by atoms with Crippen molar-refractivity contribution in [3.05, 3.63) is 56.4 Å². The summed E-state index contributed by atoms with van der Waals surface area (Å²) in [4.78, 5) is 11.6. The molecule has 1 atom stereocenters. The van der Waals surface area contributed by atoms with Gasteiger partial charge in [0.2, 0.25) is 0 Å². The fourth-order valence-corrected chi connectivity index (χ4v) is 2.18. The lowest BCUT2D eigenvalue weighted by atomic mass is 10.3. The zero-order valence-corrected chi connectivity index (χ0v) is 12.8. The van der Waals surface area contributed by atoms with Crippen LogP contribution >= 0.6 is 23.2 Å². The van der Waals surface area contributed by atoms with Gasteiger partial charge in [-0.1, -0.05) is 23.2 Å². The van der Waals surface area contributed by atoms with Crippen LogP contribution in [-0.4, -0.2) is 27.6 Å². The molecule has 0 aliphatic rings. The molecule has 1 heterocycles. The molecule has 2 rings (SSSR count). The van der Waals surface area contributed by atoms with Gasteiger partial charge in [0, 0.05) is 11.1 Å². The van der Waals surface area contributed by atoms with Crippen LogP contribution in [0.4, 0.5) is 0 Å². The van der Waals surface area contributed by atoms with Crippen LogP contribution in [0.5, 0.6) is 5.75 Å². The summed E-state index contributed by atoms with van der Waals surface area (Å²) in [5.74, 6) is 0.421. The number of ether oxygens (including phenoxy) is 1. The van der Waals surface area contributed by atoms with E-state index in [0.29, 0.717) is 21.5 Å². The van der Waals surface area contributed by atoms with E-state index < -0.39 is 6.10 Å². The molecule has 0 fully saturated rings. The second-order valence-electron chi connectivity index (χ2n) is 4.53. The van der Waals surface area contributed by atoms with E-state index in [1.807, 2.05) is 0 Å². The summed E-state index contributed by atoms with van der Waals surface area (Å²) in [6.45, 7) is 1.81. The van der Waals surface area contributed by atoms with Gasteiger partial charge in [-0.3, -0.25) is 4.79 Å². The number of hydrogen-bond donors (Lipinski definition) is 1. The molecule has 0 spiro atoms. The highest BCUT2D eigenvalue weighted by Gasteiger charge is 2.10. The van der Waals surface area contributed by atoms with Gasteiger partial charge in [0.1, 0.15) is 18.5 Å². The Bertz CT molecular complexity index is 688. The summed E-state index contributed by atoms with van der Waals surface area (Å²) in [6.07, 6.45) is -0.885. The van der Waals surface area contributed by atoms with E-state index in [4.69, 9.17) is 27.9 Å². The number of hydrogen-bond acceptors (Lipinski definition) is 4. The molecule has 0 saturated heterocycles. The van der Waals surface area contributed by atoms with Gasteiger partial charge < -0.3 is 9.84 Å².